The van der Waals surface area contributed by atoms with Crippen molar-refractivity contribution >= 4 is 5.91 Å². The molecule has 0 N–H and O–H groups in total. The van der Waals surface area contributed by atoms with Crippen molar-refractivity contribution in [3.8, 4) is 0 Å². The number of rotatable bonds is 4. The average molecular weight is 300 g/mol. The summed E-state index contributed by atoms with van der Waals surface area (Å²) in [6.45, 7) is 7.25. The molecule has 0 saturated carbocycles. The molecule has 0 radical (unpaired) electrons. The van der Waals surface area contributed by atoms with Crippen LogP contribution in [0.25, 0.3) is 0 Å². The summed E-state index contributed by atoms with van der Waals surface area (Å²) in [4.78, 5) is 23.1. The topological polar surface area (TPSA) is 72.1 Å². The van der Waals surface area contributed by atoms with Gasteiger partial charge in [-0.05, 0) is 12.8 Å². The molecule has 116 valence electrons. The molecule has 2 aromatic heterocycles. The number of aryl methyl sites for hydroxylation is 1. The largest absolute Gasteiger partial charge is 0.361 e. The van der Waals surface area contributed by atoms with Crippen LogP contribution in [0.3, 0.4) is 0 Å². The summed E-state index contributed by atoms with van der Waals surface area (Å²) in [5.74, 6) is 2.00. The summed E-state index contributed by atoms with van der Waals surface area (Å²) in [7, 11) is 0. The Balaban J connectivity index is 1.67. The first-order chi connectivity index (χ1) is 10.5. The van der Waals surface area contributed by atoms with E-state index >= 15 is 0 Å². The number of hydrogen-bond donors (Lipinski definition) is 0. The van der Waals surface area contributed by atoms with E-state index in [0.717, 1.165) is 29.2 Å². The van der Waals surface area contributed by atoms with Crippen LogP contribution < -0.4 is 0 Å². The van der Waals surface area contributed by atoms with Crippen LogP contribution in [0.15, 0.2) is 16.8 Å². The van der Waals surface area contributed by atoms with Crippen LogP contribution in [0.4, 0.5) is 0 Å². The van der Waals surface area contributed by atoms with E-state index in [9.17, 15) is 4.79 Å². The third kappa shape index (κ3) is 3.16. The van der Waals surface area contributed by atoms with Crippen molar-refractivity contribution in [2.75, 3.05) is 0 Å². The van der Waals surface area contributed by atoms with Crippen molar-refractivity contribution in [2.24, 2.45) is 5.92 Å². The van der Waals surface area contributed by atoms with Gasteiger partial charge in [-0.1, -0.05) is 19.0 Å². The molecule has 3 heterocycles. The zero-order chi connectivity index (χ0) is 15.7. The number of amides is 1. The van der Waals surface area contributed by atoms with Gasteiger partial charge in [0.25, 0.3) is 0 Å². The van der Waals surface area contributed by atoms with Crippen LogP contribution in [0.5, 0.6) is 0 Å². The minimum atomic E-state index is 0.0274. The summed E-state index contributed by atoms with van der Waals surface area (Å²) in [5.41, 5.74) is 2.79. The highest BCUT2D eigenvalue weighted by Crippen LogP contribution is 2.22. The maximum atomic E-state index is 12.3. The first-order valence-electron chi connectivity index (χ1n) is 7.55. The van der Waals surface area contributed by atoms with E-state index in [4.69, 9.17) is 4.52 Å². The Bertz CT molecular complexity index is 693. The smallest absolute Gasteiger partial charge is 0.230 e. The Morgan fingerprint density at radius 3 is 2.91 bits per heavy atom. The molecule has 0 spiro atoms. The third-order valence-electron chi connectivity index (χ3n) is 3.65. The van der Waals surface area contributed by atoms with Crippen molar-refractivity contribution in [1.29, 1.82) is 0 Å². The first-order valence-corrected chi connectivity index (χ1v) is 7.55. The number of aromatic nitrogens is 3. The first kappa shape index (κ1) is 14.7. The molecule has 0 atom stereocenters. The third-order valence-corrected chi connectivity index (χ3v) is 3.65. The molecule has 1 amide bonds. The molecular weight excluding hydrogens is 280 g/mol. The summed E-state index contributed by atoms with van der Waals surface area (Å²) in [6, 6.07) is 1.79. The highest BCUT2D eigenvalue weighted by atomic mass is 16.5. The molecule has 2 aromatic rings. The second kappa shape index (κ2) is 5.87. The normalized spacial score (nSPS) is 13.7. The monoisotopic (exact) mass is 300 g/mol. The Labute approximate surface area is 129 Å². The predicted molar refractivity (Wildman–Crippen MR) is 79.8 cm³/mol. The quantitative estimate of drug-likeness (QED) is 0.864. The lowest BCUT2D eigenvalue weighted by Gasteiger charge is -2.13. The fourth-order valence-electron chi connectivity index (χ4n) is 2.60. The van der Waals surface area contributed by atoms with Gasteiger partial charge in [0, 0.05) is 30.8 Å². The van der Waals surface area contributed by atoms with Crippen molar-refractivity contribution < 1.29 is 9.32 Å². The van der Waals surface area contributed by atoms with Gasteiger partial charge >= 0.3 is 0 Å². The minimum Gasteiger partial charge on any atom is -0.361 e. The molecule has 1 aliphatic heterocycles. The number of fused-ring (bicyclic) bond motifs is 1. The second-order valence-electron chi connectivity index (χ2n) is 6.22. The van der Waals surface area contributed by atoms with Crippen LogP contribution >= 0.6 is 0 Å². The molecule has 6 nitrogen and oxygen atoms in total. The zero-order valence-corrected chi connectivity index (χ0v) is 13.2. The van der Waals surface area contributed by atoms with E-state index in [2.05, 4.69) is 29.0 Å². The summed E-state index contributed by atoms with van der Waals surface area (Å²) < 4.78 is 5.11. The summed E-state index contributed by atoms with van der Waals surface area (Å²) >= 11 is 0. The van der Waals surface area contributed by atoms with E-state index < -0.39 is 0 Å². The molecule has 0 saturated heterocycles. The molecule has 6 heteroatoms. The molecule has 3 rings (SSSR count). The van der Waals surface area contributed by atoms with Gasteiger partial charge in [-0.15, -0.1) is 0 Å². The molecule has 0 aromatic carbocycles. The highest BCUT2D eigenvalue weighted by Gasteiger charge is 2.26. The second-order valence-corrected chi connectivity index (χ2v) is 6.22. The van der Waals surface area contributed by atoms with E-state index in [1.807, 2.05) is 13.1 Å². The van der Waals surface area contributed by atoms with Gasteiger partial charge in [-0.25, -0.2) is 9.97 Å². The van der Waals surface area contributed by atoms with E-state index in [1.54, 1.807) is 11.0 Å². The van der Waals surface area contributed by atoms with Crippen LogP contribution in [-0.4, -0.2) is 25.9 Å². The lowest BCUT2D eigenvalue weighted by Crippen LogP contribution is -2.26. The van der Waals surface area contributed by atoms with Gasteiger partial charge in [0.2, 0.25) is 5.91 Å². The molecular formula is C16H20N4O2. The highest BCUT2D eigenvalue weighted by molar-refractivity contribution is 5.78. The maximum Gasteiger partial charge on any atom is 0.230 e. The molecule has 0 unspecified atom stereocenters. The Hall–Kier alpha value is -2.24. The SMILES string of the molecule is Cc1cc(CC(=O)N2Cc3cnc(CC(C)C)nc3C2)on1. The molecule has 1 aliphatic rings. The standard InChI is InChI=1S/C16H20N4O2/c1-10(2)4-15-17-7-12-8-20(9-14(12)18-15)16(21)6-13-5-11(3)19-22-13/h5,7,10H,4,6,8-9H2,1-3H3. The molecule has 22 heavy (non-hydrogen) atoms. The van der Waals surface area contributed by atoms with Crippen LogP contribution in [-0.2, 0) is 30.7 Å². The maximum absolute atomic E-state index is 12.3. The van der Waals surface area contributed by atoms with E-state index in [0.29, 0.717) is 24.8 Å². The lowest BCUT2D eigenvalue weighted by molar-refractivity contribution is -0.131. The van der Waals surface area contributed by atoms with Crippen LogP contribution in [0, 0.1) is 12.8 Å². The lowest BCUT2D eigenvalue weighted by atomic mass is 10.1. The van der Waals surface area contributed by atoms with Gasteiger partial charge in [0.1, 0.15) is 11.6 Å². The Kier molecular flexibility index (Phi) is 3.92. The van der Waals surface area contributed by atoms with Crippen molar-refractivity contribution in [2.45, 2.75) is 46.7 Å². The zero-order valence-electron chi connectivity index (χ0n) is 13.2. The Morgan fingerprint density at radius 1 is 1.41 bits per heavy atom. The molecule has 0 fully saturated rings. The minimum absolute atomic E-state index is 0.0274. The predicted octanol–water partition coefficient (Wildman–Crippen LogP) is 2.06. The van der Waals surface area contributed by atoms with Gasteiger partial charge in [0.05, 0.1) is 24.4 Å². The fraction of sp³-hybridized carbons (Fsp3) is 0.500. The van der Waals surface area contributed by atoms with Gasteiger partial charge in [-0.2, -0.15) is 0 Å². The molecule has 0 aliphatic carbocycles. The van der Waals surface area contributed by atoms with E-state index in [1.165, 1.54) is 0 Å². The number of nitrogens with zero attached hydrogens (tertiary/aromatic N) is 4. The fourth-order valence-corrected chi connectivity index (χ4v) is 2.60. The van der Waals surface area contributed by atoms with Gasteiger partial charge < -0.3 is 9.42 Å². The van der Waals surface area contributed by atoms with Crippen molar-refractivity contribution in [3.05, 3.63) is 40.8 Å². The average Bonchev–Trinajstić information content (AvgIpc) is 3.03. The van der Waals surface area contributed by atoms with Crippen LogP contribution in [0.1, 0.15) is 42.4 Å². The molecule has 0 bridgehead atoms. The Morgan fingerprint density at radius 2 is 2.23 bits per heavy atom. The van der Waals surface area contributed by atoms with Crippen molar-refractivity contribution in [3.63, 3.8) is 0 Å². The van der Waals surface area contributed by atoms with Crippen LogP contribution in [0.2, 0.25) is 0 Å². The number of hydrogen-bond acceptors (Lipinski definition) is 5. The summed E-state index contributed by atoms with van der Waals surface area (Å²) in [5, 5.41) is 3.81. The number of carbonyl (C=O) groups is 1. The number of carbonyl (C=O) groups excluding carboxylic acids is 1. The van der Waals surface area contributed by atoms with E-state index in [-0.39, 0.29) is 12.3 Å². The van der Waals surface area contributed by atoms with Crippen molar-refractivity contribution in [1.82, 2.24) is 20.0 Å². The van der Waals surface area contributed by atoms with Gasteiger partial charge in [0.15, 0.2) is 0 Å². The summed E-state index contributed by atoms with van der Waals surface area (Å²) in [6.07, 6.45) is 2.95. The van der Waals surface area contributed by atoms with Gasteiger partial charge in [-0.3, -0.25) is 4.79 Å².